The first-order valence-corrected chi connectivity index (χ1v) is 6.51. The van der Waals surface area contributed by atoms with Gasteiger partial charge in [0.2, 0.25) is 5.91 Å². The van der Waals surface area contributed by atoms with Gasteiger partial charge in [-0.3, -0.25) is 4.79 Å². The molecule has 0 spiro atoms. The normalized spacial score (nSPS) is 13.9. The van der Waals surface area contributed by atoms with Crippen LogP contribution in [0.4, 0.5) is 0 Å². The molecule has 0 aromatic carbocycles. The standard InChI is InChI=1S/C12H25N3O3/c1-2-3-6-9(14)11(16)15-10(12(17)18)7-4-5-8-13/h9-10H,2-8,13-14H2,1H3,(H,15,16)(H,17,18). The molecule has 0 aromatic heterocycles. The molecular weight excluding hydrogens is 234 g/mol. The largest absolute Gasteiger partial charge is 0.480 e. The predicted octanol–water partition coefficient (Wildman–Crippen LogP) is 0.202. The van der Waals surface area contributed by atoms with Crippen molar-refractivity contribution in [2.75, 3.05) is 6.54 Å². The van der Waals surface area contributed by atoms with E-state index < -0.39 is 18.1 Å². The van der Waals surface area contributed by atoms with Crippen LogP contribution in [0.5, 0.6) is 0 Å². The number of nitrogens with two attached hydrogens (primary N) is 2. The van der Waals surface area contributed by atoms with Gasteiger partial charge in [0.15, 0.2) is 0 Å². The number of rotatable bonds is 10. The maximum absolute atomic E-state index is 11.7. The van der Waals surface area contributed by atoms with Crippen LogP contribution in [0, 0.1) is 0 Å². The van der Waals surface area contributed by atoms with Crippen LogP contribution in [-0.2, 0) is 9.59 Å². The topological polar surface area (TPSA) is 118 Å². The summed E-state index contributed by atoms with van der Waals surface area (Å²) in [5.74, 6) is -1.41. The van der Waals surface area contributed by atoms with E-state index in [2.05, 4.69) is 5.32 Å². The number of unbranched alkanes of at least 4 members (excludes halogenated alkanes) is 2. The minimum atomic E-state index is -1.02. The van der Waals surface area contributed by atoms with E-state index in [4.69, 9.17) is 16.6 Å². The smallest absolute Gasteiger partial charge is 0.326 e. The Labute approximate surface area is 108 Å². The van der Waals surface area contributed by atoms with Gasteiger partial charge in [-0.15, -0.1) is 0 Å². The summed E-state index contributed by atoms with van der Waals surface area (Å²) >= 11 is 0. The maximum atomic E-state index is 11.7. The van der Waals surface area contributed by atoms with E-state index in [1.54, 1.807) is 0 Å². The summed E-state index contributed by atoms with van der Waals surface area (Å²) < 4.78 is 0. The molecule has 0 aromatic rings. The summed E-state index contributed by atoms with van der Waals surface area (Å²) in [6.45, 7) is 2.54. The third kappa shape index (κ3) is 7.24. The third-order valence-corrected chi connectivity index (χ3v) is 2.77. The lowest BCUT2D eigenvalue weighted by Crippen LogP contribution is -2.48. The Morgan fingerprint density at radius 1 is 1.22 bits per heavy atom. The maximum Gasteiger partial charge on any atom is 0.326 e. The van der Waals surface area contributed by atoms with Crippen LogP contribution in [0.1, 0.15) is 45.4 Å². The molecule has 0 radical (unpaired) electrons. The monoisotopic (exact) mass is 259 g/mol. The van der Waals surface area contributed by atoms with Crippen LogP contribution in [0.3, 0.4) is 0 Å². The molecule has 6 heteroatoms. The van der Waals surface area contributed by atoms with Crippen LogP contribution in [-0.4, -0.2) is 35.6 Å². The second-order valence-electron chi connectivity index (χ2n) is 4.43. The van der Waals surface area contributed by atoms with Crippen molar-refractivity contribution in [3.05, 3.63) is 0 Å². The Bertz CT molecular complexity index is 259. The molecule has 0 rings (SSSR count). The lowest BCUT2D eigenvalue weighted by atomic mass is 10.1. The van der Waals surface area contributed by atoms with E-state index in [-0.39, 0.29) is 5.91 Å². The van der Waals surface area contributed by atoms with Gasteiger partial charge in [-0.1, -0.05) is 19.8 Å². The molecule has 0 aliphatic carbocycles. The molecule has 6 N–H and O–H groups in total. The van der Waals surface area contributed by atoms with Crippen molar-refractivity contribution in [2.45, 2.75) is 57.5 Å². The number of hydrogen-bond acceptors (Lipinski definition) is 4. The molecule has 0 saturated carbocycles. The first-order valence-electron chi connectivity index (χ1n) is 6.51. The van der Waals surface area contributed by atoms with Gasteiger partial charge in [0.05, 0.1) is 6.04 Å². The molecule has 0 fully saturated rings. The van der Waals surface area contributed by atoms with Crippen LogP contribution < -0.4 is 16.8 Å². The third-order valence-electron chi connectivity index (χ3n) is 2.77. The first kappa shape index (κ1) is 16.9. The van der Waals surface area contributed by atoms with Crippen molar-refractivity contribution >= 4 is 11.9 Å². The van der Waals surface area contributed by atoms with E-state index in [1.807, 2.05) is 6.92 Å². The number of carboxylic acids is 1. The second kappa shape index (κ2) is 9.85. The second-order valence-corrected chi connectivity index (χ2v) is 4.43. The van der Waals surface area contributed by atoms with Crippen molar-refractivity contribution in [3.8, 4) is 0 Å². The first-order chi connectivity index (χ1) is 8.52. The molecule has 18 heavy (non-hydrogen) atoms. The van der Waals surface area contributed by atoms with Crippen molar-refractivity contribution in [1.29, 1.82) is 0 Å². The fourth-order valence-corrected chi connectivity index (χ4v) is 1.58. The van der Waals surface area contributed by atoms with Crippen molar-refractivity contribution < 1.29 is 14.7 Å². The molecule has 0 bridgehead atoms. The molecule has 2 unspecified atom stereocenters. The van der Waals surface area contributed by atoms with Crippen molar-refractivity contribution in [1.82, 2.24) is 5.32 Å². The lowest BCUT2D eigenvalue weighted by Gasteiger charge is -2.17. The van der Waals surface area contributed by atoms with Gasteiger partial charge in [-0.25, -0.2) is 4.79 Å². The fourth-order valence-electron chi connectivity index (χ4n) is 1.58. The van der Waals surface area contributed by atoms with Crippen LogP contribution >= 0.6 is 0 Å². The van der Waals surface area contributed by atoms with Crippen LogP contribution in [0.2, 0.25) is 0 Å². The van der Waals surface area contributed by atoms with Gasteiger partial charge in [0, 0.05) is 0 Å². The van der Waals surface area contributed by atoms with Crippen molar-refractivity contribution in [2.24, 2.45) is 11.5 Å². The Kier molecular flexibility index (Phi) is 9.22. The number of hydrogen-bond donors (Lipinski definition) is 4. The molecule has 2 atom stereocenters. The average Bonchev–Trinajstić information content (AvgIpc) is 2.34. The zero-order valence-corrected chi connectivity index (χ0v) is 11.0. The van der Waals surface area contributed by atoms with E-state index >= 15 is 0 Å². The zero-order chi connectivity index (χ0) is 14.0. The number of nitrogens with one attached hydrogen (secondary N) is 1. The Morgan fingerprint density at radius 3 is 2.39 bits per heavy atom. The molecule has 6 nitrogen and oxygen atoms in total. The van der Waals surface area contributed by atoms with Crippen LogP contribution in [0.15, 0.2) is 0 Å². The summed E-state index contributed by atoms with van der Waals surface area (Å²) in [6.07, 6.45) is 4.22. The highest BCUT2D eigenvalue weighted by molar-refractivity contribution is 5.86. The quantitative estimate of drug-likeness (QED) is 0.418. The van der Waals surface area contributed by atoms with Gasteiger partial charge in [-0.05, 0) is 32.2 Å². The van der Waals surface area contributed by atoms with Gasteiger partial charge >= 0.3 is 5.97 Å². The van der Waals surface area contributed by atoms with E-state index in [0.717, 1.165) is 19.3 Å². The highest BCUT2D eigenvalue weighted by Crippen LogP contribution is 2.03. The summed E-state index contributed by atoms with van der Waals surface area (Å²) in [5.41, 5.74) is 11.0. The number of amides is 1. The summed E-state index contributed by atoms with van der Waals surface area (Å²) in [5, 5.41) is 11.5. The van der Waals surface area contributed by atoms with E-state index in [0.29, 0.717) is 25.8 Å². The summed E-state index contributed by atoms with van der Waals surface area (Å²) in [6, 6.07) is -1.49. The Hall–Kier alpha value is -1.14. The Morgan fingerprint density at radius 2 is 1.89 bits per heavy atom. The van der Waals surface area contributed by atoms with Crippen molar-refractivity contribution in [3.63, 3.8) is 0 Å². The molecule has 0 heterocycles. The molecular formula is C12H25N3O3. The van der Waals surface area contributed by atoms with Gasteiger partial charge in [0.25, 0.3) is 0 Å². The van der Waals surface area contributed by atoms with E-state index in [1.165, 1.54) is 0 Å². The lowest BCUT2D eigenvalue weighted by molar-refractivity contribution is -0.142. The van der Waals surface area contributed by atoms with Gasteiger partial charge < -0.3 is 21.9 Å². The minimum Gasteiger partial charge on any atom is -0.480 e. The number of carbonyl (C=O) groups is 2. The number of carboxylic acid groups (broad SMARTS) is 1. The van der Waals surface area contributed by atoms with Crippen LogP contribution in [0.25, 0.3) is 0 Å². The van der Waals surface area contributed by atoms with Gasteiger partial charge in [0.1, 0.15) is 6.04 Å². The predicted molar refractivity (Wildman–Crippen MR) is 70.0 cm³/mol. The molecule has 0 aliphatic rings. The minimum absolute atomic E-state index is 0.386. The van der Waals surface area contributed by atoms with E-state index in [9.17, 15) is 9.59 Å². The van der Waals surface area contributed by atoms with Gasteiger partial charge in [-0.2, -0.15) is 0 Å². The average molecular weight is 259 g/mol. The highest BCUT2D eigenvalue weighted by Gasteiger charge is 2.22. The summed E-state index contributed by atoms with van der Waals surface area (Å²) in [7, 11) is 0. The molecule has 0 aliphatic heterocycles. The highest BCUT2D eigenvalue weighted by atomic mass is 16.4. The number of aliphatic carboxylic acids is 1. The SMILES string of the molecule is CCCCC(N)C(=O)NC(CCCCN)C(=O)O. The molecule has 1 amide bonds. The number of carbonyl (C=O) groups excluding carboxylic acids is 1. The fraction of sp³-hybridized carbons (Fsp3) is 0.833. The molecule has 0 saturated heterocycles. The zero-order valence-electron chi connectivity index (χ0n) is 11.0. The molecule has 106 valence electrons. The Balaban J connectivity index is 4.14. The summed E-state index contributed by atoms with van der Waals surface area (Å²) in [4.78, 5) is 22.7.